The molecular formula is C5H8O5. The second kappa shape index (κ2) is 3.97. The summed E-state index contributed by atoms with van der Waals surface area (Å²) in [7, 11) is 0. The molecular weight excluding hydrogens is 140 g/mol. The highest BCUT2D eigenvalue weighted by Gasteiger charge is 2.16. The average molecular weight is 148 g/mol. The van der Waals surface area contributed by atoms with Gasteiger partial charge < -0.3 is 15.3 Å². The molecule has 5 nitrogen and oxygen atoms in total. The van der Waals surface area contributed by atoms with Gasteiger partial charge in [0.2, 0.25) is 0 Å². The Morgan fingerprint density at radius 3 is 2.20 bits per heavy atom. The van der Waals surface area contributed by atoms with Gasteiger partial charge in [-0.05, 0) is 0 Å². The minimum absolute atomic E-state index is 0.730. The quantitative estimate of drug-likeness (QED) is 0.416. The first-order valence-corrected chi connectivity index (χ1v) is 2.61. The van der Waals surface area contributed by atoms with Gasteiger partial charge in [-0.3, -0.25) is 9.59 Å². The molecule has 10 heavy (non-hydrogen) atoms. The van der Waals surface area contributed by atoms with E-state index in [1.165, 1.54) is 0 Å². The molecule has 0 rings (SSSR count). The van der Waals surface area contributed by atoms with Gasteiger partial charge >= 0.3 is 5.97 Å². The number of hydrogen-bond donors (Lipinski definition) is 3. The van der Waals surface area contributed by atoms with Crippen LogP contribution in [0, 0.1) is 0 Å². The standard InChI is InChI=1S/C5H8O5/c6-2-4(8)3(7)1-5(9)10/h4,6,8H,1-2H2,(H,9,10). The molecule has 0 saturated heterocycles. The van der Waals surface area contributed by atoms with Gasteiger partial charge in [0.25, 0.3) is 0 Å². The maximum absolute atomic E-state index is 10.4. The number of aliphatic carboxylic acids is 1. The first kappa shape index (κ1) is 9.06. The molecule has 0 heterocycles. The third-order valence-corrected chi connectivity index (χ3v) is 0.870. The molecule has 1 unspecified atom stereocenters. The van der Waals surface area contributed by atoms with E-state index in [2.05, 4.69) is 0 Å². The van der Waals surface area contributed by atoms with Crippen molar-refractivity contribution >= 4 is 11.8 Å². The van der Waals surface area contributed by atoms with E-state index >= 15 is 0 Å². The molecule has 0 fully saturated rings. The molecule has 0 aliphatic rings. The van der Waals surface area contributed by atoms with E-state index in [0.717, 1.165) is 0 Å². The number of aliphatic hydroxyl groups is 2. The normalized spacial score (nSPS) is 12.6. The number of carboxylic acids is 1. The molecule has 0 aliphatic heterocycles. The van der Waals surface area contributed by atoms with Crippen molar-refractivity contribution in [2.24, 2.45) is 0 Å². The maximum Gasteiger partial charge on any atom is 0.310 e. The van der Waals surface area contributed by atoms with E-state index in [1.807, 2.05) is 0 Å². The fourth-order valence-corrected chi connectivity index (χ4v) is 0.369. The van der Waals surface area contributed by atoms with Crippen molar-refractivity contribution in [3.63, 3.8) is 0 Å². The molecule has 0 aliphatic carbocycles. The van der Waals surface area contributed by atoms with Gasteiger partial charge in [0.1, 0.15) is 12.5 Å². The molecule has 58 valence electrons. The van der Waals surface area contributed by atoms with Crippen LogP contribution in [0.2, 0.25) is 0 Å². The van der Waals surface area contributed by atoms with Gasteiger partial charge in [-0.25, -0.2) is 0 Å². The zero-order valence-corrected chi connectivity index (χ0v) is 5.15. The summed E-state index contributed by atoms with van der Waals surface area (Å²) in [5.41, 5.74) is 0. The van der Waals surface area contributed by atoms with E-state index < -0.39 is 30.9 Å². The molecule has 0 saturated carbocycles. The van der Waals surface area contributed by atoms with Gasteiger partial charge in [-0.2, -0.15) is 0 Å². The topological polar surface area (TPSA) is 94.8 Å². The van der Waals surface area contributed by atoms with Crippen LogP contribution in [-0.4, -0.2) is 39.8 Å². The summed E-state index contributed by atoms with van der Waals surface area (Å²) < 4.78 is 0. The van der Waals surface area contributed by atoms with Crippen molar-refractivity contribution in [1.82, 2.24) is 0 Å². The lowest BCUT2D eigenvalue weighted by Crippen LogP contribution is -2.26. The maximum atomic E-state index is 10.4. The Morgan fingerprint density at radius 1 is 1.40 bits per heavy atom. The van der Waals surface area contributed by atoms with Crippen molar-refractivity contribution < 1.29 is 24.9 Å². The summed E-state index contributed by atoms with van der Waals surface area (Å²) >= 11 is 0. The highest BCUT2D eigenvalue weighted by molar-refractivity contribution is 5.97. The Bertz CT molecular complexity index is 141. The Kier molecular flexibility index (Phi) is 3.60. The number of rotatable bonds is 4. The van der Waals surface area contributed by atoms with Gasteiger partial charge in [0.15, 0.2) is 5.78 Å². The highest BCUT2D eigenvalue weighted by Crippen LogP contribution is 1.89. The predicted molar refractivity (Wildman–Crippen MR) is 30.4 cm³/mol. The van der Waals surface area contributed by atoms with Gasteiger partial charge in [-0.1, -0.05) is 0 Å². The fraction of sp³-hybridized carbons (Fsp3) is 0.600. The smallest absolute Gasteiger partial charge is 0.310 e. The lowest BCUT2D eigenvalue weighted by molar-refractivity contribution is -0.143. The van der Waals surface area contributed by atoms with Gasteiger partial charge in [0.05, 0.1) is 6.61 Å². The summed E-state index contributed by atoms with van der Waals surface area (Å²) in [5.74, 6) is -2.19. The number of aliphatic hydroxyl groups excluding tert-OH is 2. The first-order chi connectivity index (χ1) is 4.57. The summed E-state index contributed by atoms with van der Waals surface area (Å²) in [4.78, 5) is 20.2. The van der Waals surface area contributed by atoms with Crippen LogP contribution >= 0.6 is 0 Å². The molecule has 0 aromatic carbocycles. The number of Topliss-reactive ketones (excluding diaryl/α,β-unsaturated/α-hetero) is 1. The highest BCUT2D eigenvalue weighted by atomic mass is 16.4. The lowest BCUT2D eigenvalue weighted by Gasteiger charge is -2.01. The third kappa shape index (κ3) is 3.16. The van der Waals surface area contributed by atoms with Crippen molar-refractivity contribution in [3.8, 4) is 0 Å². The van der Waals surface area contributed by atoms with Crippen LogP contribution in [0.15, 0.2) is 0 Å². The van der Waals surface area contributed by atoms with Crippen molar-refractivity contribution in [3.05, 3.63) is 0 Å². The molecule has 0 spiro atoms. The summed E-state index contributed by atoms with van der Waals surface area (Å²) in [6.07, 6.45) is -2.31. The third-order valence-electron chi connectivity index (χ3n) is 0.870. The van der Waals surface area contributed by atoms with E-state index in [4.69, 9.17) is 15.3 Å². The van der Waals surface area contributed by atoms with Crippen LogP contribution in [-0.2, 0) is 9.59 Å². The Hall–Kier alpha value is -0.940. The largest absolute Gasteiger partial charge is 0.481 e. The van der Waals surface area contributed by atoms with Crippen LogP contribution in [0.1, 0.15) is 6.42 Å². The molecule has 5 heteroatoms. The summed E-state index contributed by atoms with van der Waals surface area (Å²) in [5, 5.41) is 24.7. The summed E-state index contributed by atoms with van der Waals surface area (Å²) in [6.45, 7) is -0.730. The Morgan fingerprint density at radius 2 is 1.90 bits per heavy atom. The zero-order valence-electron chi connectivity index (χ0n) is 5.15. The van der Waals surface area contributed by atoms with Gasteiger partial charge in [0, 0.05) is 0 Å². The lowest BCUT2D eigenvalue weighted by atomic mass is 10.2. The SMILES string of the molecule is O=C(O)CC(=O)C(O)CO. The van der Waals surface area contributed by atoms with Crippen molar-refractivity contribution in [1.29, 1.82) is 0 Å². The van der Waals surface area contributed by atoms with Crippen LogP contribution in [0.5, 0.6) is 0 Å². The Labute approximate surface area is 56.9 Å². The molecule has 0 aromatic rings. The van der Waals surface area contributed by atoms with E-state index in [-0.39, 0.29) is 0 Å². The molecule has 0 amide bonds. The van der Waals surface area contributed by atoms with Crippen molar-refractivity contribution in [2.45, 2.75) is 12.5 Å². The second-order valence-electron chi connectivity index (χ2n) is 1.74. The van der Waals surface area contributed by atoms with E-state index in [9.17, 15) is 9.59 Å². The number of carboxylic acid groups (broad SMARTS) is 1. The van der Waals surface area contributed by atoms with Gasteiger partial charge in [-0.15, -0.1) is 0 Å². The Balaban J connectivity index is 3.73. The minimum Gasteiger partial charge on any atom is -0.481 e. The molecule has 0 radical (unpaired) electrons. The van der Waals surface area contributed by atoms with Crippen LogP contribution < -0.4 is 0 Å². The van der Waals surface area contributed by atoms with Crippen LogP contribution in [0.25, 0.3) is 0 Å². The van der Waals surface area contributed by atoms with Crippen LogP contribution in [0.4, 0.5) is 0 Å². The molecule has 0 bridgehead atoms. The van der Waals surface area contributed by atoms with E-state index in [1.54, 1.807) is 0 Å². The minimum atomic E-state index is -1.56. The average Bonchev–Trinajstić information content (AvgIpc) is 1.85. The zero-order chi connectivity index (χ0) is 8.15. The molecule has 1 atom stereocenters. The number of carbonyl (C=O) groups is 2. The van der Waals surface area contributed by atoms with E-state index in [0.29, 0.717) is 0 Å². The fourth-order valence-electron chi connectivity index (χ4n) is 0.369. The molecule has 3 N–H and O–H groups in total. The molecule has 0 aromatic heterocycles. The van der Waals surface area contributed by atoms with Crippen molar-refractivity contribution in [2.75, 3.05) is 6.61 Å². The first-order valence-electron chi connectivity index (χ1n) is 2.61. The van der Waals surface area contributed by atoms with Crippen LogP contribution in [0.3, 0.4) is 0 Å². The number of hydrogen-bond acceptors (Lipinski definition) is 4. The summed E-state index contributed by atoms with van der Waals surface area (Å²) in [6, 6.07) is 0. The number of carbonyl (C=O) groups excluding carboxylic acids is 1. The number of ketones is 1. The second-order valence-corrected chi connectivity index (χ2v) is 1.74. The monoisotopic (exact) mass is 148 g/mol. The predicted octanol–water partition coefficient (Wildman–Crippen LogP) is -1.62.